The van der Waals surface area contributed by atoms with E-state index in [1.807, 2.05) is 0 Å². The van der Waals surface area contributed by atoms with E-state index >= 15 is 0 Å². The van der Waals surface area contributed by atoms with Crippen molar-refractivity contribution in [1.82, 2.24) is 0 Å². The van der Waals surface area contributed by atoms with Crippen molar-refractivity contribution >= 4 is 0 Å². The van der Waals surface area contributed by atoms with Gasteiger partial charge in [-0.25, -0.2) is 0 Å². The van der Waals surface area contributed by atoms with Gasteiger partial charge in [0, 0.05) is 6.61 Å². The van der Waals surface area contributed by atoms with E-state index < -0.39 is 0 Å². The maximum absolute atomic E-state index is 5.57. The predicted octanol–water partition coefficient (Wildman–Crippen LogP) is 2.91. The van der Waals surface area contributed by atoms with Gasteiger partial charge in [0.15, 0.2) is 0 Å². The van der Waals surface area contributed by atoms with E-state index in [4.69, 9.17) is 4.74 Å². The monoisotopic (exact) mass is 154 g/mol. The van der Waals surface area contributed by atoms with Gasteiger partial charge in [0.25, 0.3) is 0 Å². The molecule has 0 radical (unpaired) electrons. The number of hydrogen-bond donors (Lipinski definition) is 0. The average molecular weight is 154 g/mol. The molecule has 0 aliphatic heterocycles. The molecule has 0 aromatic carbocycles. The van der Waals surface area contributed by atoms with E-state index in [1.165, 1.54) is 25.7 Å². The molecule has 1 heteroatoms. The normalized spacial score (nSPS) is 26.1. The van der Waals surface area contributed by atoms with Crippen molar-refractivity contribution < 1.29 is 4.74 Å². The van der Waals surface area contributed by atoms with E-state index in [0.717, 1.165) is 13.0 Å². The molecule has 11 heavy (non-hydrogen) atoms. The summed E-state index contributed by atoms with van der Waals surface area (Å²) < 4.78 is 5.57. The number of allylic oxidation sites excluding steroid dienone is 1. The molecule has 1 atom stereocenters. The third-order valence-electron chi connectivity index (χ3n) is 2.11. The van der Waals surface area contributed by atoms with Gasteiger partial charge >= 0.3 is 0 Å². The summed E-state index contributed by atoms with van der Waals surface area (Å²) in [4.78, 5) is 0. The first-order valence-corrected chi connectivity index (χ1v) is 4.70. The highest BCUT2D eigenvalue weighted by Crippen LogP contribution is 2.14. The lowest BCUT2D eigenvalue weighted by Crippen LogP contribution is -2.12. The Balaban J connectivity index is 2.26. The lowest BCUT2D eigenvalue weighted by Gasteiger charge is -2.16. The smallest absolute Gasteiger partial charge is 0.0609 e. The average Bonchev–Trinajstić information content (AvgIpc) is 1.94. The Hall–Kier alpha value is -0.300. The minimum Gasteiger partial charge on any atom is -0.378 e. The molecule has 64 valence electrons. The number of rotatable bonds is 2. The highest BCUT2D eigenvalue weighted by Gasteiger charge is 2.06. The van der Waals surface area contributed by atoms with E-state index in [9.17, 15) is 0 Å². The quantitative estimate of drug-likeness (QED) is 0.556. The van der Waals surface area contributed by atoms with Crippen LogP contribution in [0.3, 0.4) is 0 Å². The summed E-state index contributed by atoms with van der Waals surface area (Å²) in [5.41, 5.74) is 0. The lowest BCUT2D eigenvalue weighted by molar-refractivity contribution is 0.0565. The van der Waals surface area contributed by atoms with Crippen molar-refractivity contribution in [3.8, 4) is 0 Å². The third-order valence-corrected chi connectivity index (χ3v) is 2.11. The molecule has 0 heterocycles. The molecule has 0 amide bonds. The van der Waals surface area contributed by atoms with Crippen LogP contribution in [0, 0.1) is 0 Å². The van der Waals surface area contributed by atoms with Crippen molar-refractivity contribution in [2.45, 2.75) is 45.1 Å². The van der Waals surface area contributed by atoms with Gasteiger partial charge in [-0.3, -0.25) is 0 Å². The Labute approximate surface area is 69.4 Å². The second-order valence-electron chi connectivity index (χ2n) is 3.07. The van der Waals surface area contributed by atoms with Crippen LogP contribution >= 0.6 is 0 Å². The standard InChI is InChI=1S/C10H18O/c1-2-11-10-8-6-4-3-5-7-9-10/h4,6,10H,2-3,5,7-9H2,1H3. The van der Waals surface area contributed by atoms with Crippen molar-refractivity contribution in [3.05, 3.63) is 12.2 Å². The Bertz CT molecular complexity index is 118. The van der Waals surface area contributed by atoms with Crippen molar-refractivity contribution in [2.24, 2.45) is 0 Å². The molecule has 0 bridgehead atoms. The van der Waals surface area contributed by atoms with Crippen LogP contribution in [-0.4, -0.2) is 12.7 Å². The van der Waals surface area contributed by atoms with Crippen LogP contribution in [0.2, 0.25) is 0 Å². The minimum atomic E-state index is 0.497. The largest absolute Gasteiger partial charge is 0.378 e. The highest BCUT2D eigenvalue weighted by molar-refractivity contribution is 4.86. The van der Waals surface area contributed by atoms with Gasteiger partial charge in [0.05, 0.1) is 6.10 Å². The second-order valence-corrected chi connectivity index (χ2v) is 3.07. The van der Waals surface area contributed by atoms with Crippen LogP contribution < -0.4 is 0 Å². The molecule has 1 aliphatic rings. The molecular weight excluding hydrogens is 136 g/mol. The zero-order valence-corrected chi connectivity index (χ0v) is 7.38. The highest BCUT2D eigenvalue weighted by atomic mass is 16.5. The van der Waals surface area contributed by atoms with Gasteiger partial charge in [-0.1, -0.05) is 18.6 Å². The van der Waals surface area contributed by atoms with Crippen LogP contribution in [0.1, 0.15) is 39.0 Å². The Kier molecular flexibility index (Phi) is 4.29. The van der Waals surface area contributed by atoms with Gasteiger partial charge in [-0.2, -0.15) is 0 Å². The summed E-state index contributed by atoms with van der Waals surface area (Å²) in [6.45, 7) is 2.93. The van der Waals surface area contributed by atoms with Crippen LogP contribution in [0.5, 0.6) is 0 Å². The first-order chi connectivity index (χ1) is 5.43. The molecule has 1 rings (SSSR count). The number of hydrogen-bond acceptors (Lipinski definition) is 1. The van der Waals surface area contributed by atoms with Gasteiger partial charge in [0.2, 0.25) is 0 Å². The molecule has 1 nitrogen and oxygen atoms in total. The van der Waals surface area contributed by atoms with Gasteiger partial charge in [0.1, 0.15) is 0 Å². The van der Waals surface area contributed by atoms with Gasteiger partial charge < -0.3 is 4.74 Å². The lowest BCUT2D eigenvalue weighted by atomic mass is 10.0. The third kappa shape index (κ3) is 3.57. The fraction of sp³-hybridized carbons (Fsp3) is 0.800. The SMILES string of the molecule is CCOC1CC=CCCCC1. The van der Waals surface area contributed by atoms with Crippen LogP contribution in [0.4, 0.5) is 0 Å². The Morgan fingerprint density at radius 2 is 2.27 bits per heavy atom. The fourth-order valence-corrected chi connectivity index (χ4v) is 1.50. The zero-order chi connectivity index (χ0) is 7.94. The molecule has 0 aromatic heterocycles. The topological polar surface area (TPSA) is 9.23 Å². The van der Waals surface area contributed by atoms with E-state index in [2.05, 4.69) is 19.1 Å². The Morgan fingerprint density at radius 3 is 3.09 bits per heavy atom. The molecular formula is C10H18O. The summed E-state index contributed by atoms with van der Waals surface area (Å²) in [6, 6.07) is 0. The van der Waals surface area contributed by atoms with Crippen molar-refractivity contribution in [2.75, 3.05) is 6.61 Å². The first kappa shape index (κ1) is 8.79. The fourth-order valence-electron chi connectivity index (χ4n) is 1.50. The molecule has 1 unspecified atom stereocenters. The van der Waals surface area contributed by atoms with Gasteiger partial charge in [-0.15, -0.1) is 0 Å². The molecule has 0 spiro atoms. The number of ether oxygens (including phenoxy) is 1. The van der Waals surface area contributed by atoms with E-state index in [1.54, 1.807) is 0 Å². The summed E-state index contributed by atoms with van der Waals surface area (Å²) in [5, 5.41) is 0. The molecule has 1 aliphatic carbocycles. The van der Waals surface area contributed by atoms with E-state index in [-0.39, 0.29) is 0 Å². The first-order valence-electron chi connectivity index (χ1n) is 4.70. The molecule has 0 N–H and O–H groups in total. The van der Waals surface area contributed by atoms with E-state index in [0.29, 0.717) is 6.10 Å². The van der Waals surface area contributed by atoms with Gasteiger partial charge in [-0.05, 0) is 32.6 Å². The summed E-state index contributed by atoms with van der Waals surface area (Å²) in [7, 11) is 0. The molecule has 0 saturated heterocycles. The maximum Gasteiger partial charge on any atom is 0.0609 e. The molecule has 0 fully saturated rings. The minimum absolute atomic E-state index is 0.497. The van der Waals surface area contributed by atoms with Crippen molar-refractivity contribution in [3.63, 3.8) is 0 Å². The summed E-state index contributed by atoms with van der Waals surface area (Å²) >= 11 is 0. The summed E-state index contributed by atoms with van der Waals surface area (Å²) in [5.74, 6) is 0. The van der Waals surface area contributed by atoms with Crippen molar-refractivity contribution in [1.29, 1.82) is 0 Å². The Morgan fingerprint density at radius 1 is 1.36 bits per heavy atom. The zero-order valence-electron chi connectivity index (χ0n) is 7.38. The predicted molar refractivity (Wildman–Crippen MR) is 47.6 cm³/mol. The second kappa shape index (κ2) is 5.36. The molecule has 0 aromatic rings. The van der Waals surface area contributed by atoms with Crippen LogP contribution in [0.25, 0.3) is 0 Å². The van der Waals surface area contributed by atoms with Crippen LogP contribution in [-0.2, 0) is 4.74 Å². The van der Waals surface area contributed by atoms with Crippen LogP contribution in [0.15, 0.2) is 12.2 Å². The maximum atomic E-state index is 5.57. The summed E-state index contributed by atoms with van der Waals surface area (Å²) in [6.07, 6.45) is 11.3. The molecule has 0 saturated carbocycles.